The zero-order valence-corrected chi connectivity index (χ0v) is 23.4. The van der Waals surface area contributed by atoms with E-state index in [-0.39, 0.29) is 24.3 Å². The standard InChI is InChI=1S/C13H17N5O3.C10H16O5.C2H4O2/c1-3-8-4-9(20-7(2)19)13(21-8)18-6-17-10-11(14)15-5-16-12(10)18;1-4-8-5-9(13-6(2)11)10(15-8)14-7(3)12;1-2(3)4/h5-6,8-9,13H,3-4H2,1-2H3,(H2,14,15,16);8-10H,4-5H2,1-3H3;1H3,(H,3,4)/t8-,9-,13-;8-,9-,10?;/m11./s1. The molecule has 0 aliphatic carbocycles. The Balaban J connectivity index is 0.000000259. The Hall–Kier alpha value is -3.85. The molecule has 2 aliphatic rings. The predicted molar refractivity (Wildman–Crippen MR) is 138 cm³/mol. The molecule has 6 atom stereocenters. The van der Waals surface area contributed by atoms with E-state index in [1.165, 1.54) is 27.1 Å². The van der Waals surface area contributed by atoms with Gasteiger partial charge < -0.3 is 34.5 Å². The van der Waals surface area contributed by atoms with Gasteiger partial charge in [-0.05, 0) is 12.8 Å². The number of hydrogen-bond acceptors (Lipinski definition) is 13. The molecule has 2 aliphatic heterocycles. The van der Waals surface area contributed by atoms with Gasteiger partial charge in [0.1, 0.15) is 17.9 Å². The molecule has 0 saturated carbocycles. The number of hydrogen-bond donors (Lipinski definition) is 2. The summed E-state index contributed by atoms with van der Waals surface area (Å²) >= 11 is 0. The van der Waals surface area contributed by atoms with Crippen LogP contribution in [0.25, 0.3) is 11.2 Å². The van der Waals surface area contributed by atoms with Crippen molar-refractivity contribution in [1.82, 2.24) is 19.5 Å². The fourth-order valence-electron chi connectivity index (χ4n) is 4.15. The molecule has 2 fully saturated rings. The molecule has 0 aromatic carbocycles. The largest absolute Gasteiger partial charge is 0.481 e. The third-order valence-corrected chi connectivity index (χ3v) is 5.76. The fourth-order valence-corrected chi connectivity index (χ4v) is 4.15. The van der Waals surface area contributed by atoms with Crippen LogP contribution in [0.15, 0.2) is 12.7 Å². The van der Waals surface area contributed by atoms with E-state index in [1.54, 1.807) is 10.9 Å². The number of esters is 3. The van der Waals surface area contributed by atoms with Crippen LogP contribution in [-0.4, -0.2) is 79.2 Å². The first kappa shape index (κ1) is 32.4. The maximum atomic E-state index is 11.3. The van der Waals surface area contributed by atoms with E-state index >= 15 is 0 Å². The lowest BCUT2D eigenvalue weighted by Crippen LogP contribution is -2.30. The van der Waals surface area contributed by atoms with Crippen molar-refractivity contribution >= 4 is 40.9 Å². The summed E-state index contributed by atoms with van der Waals surface area (Å²) in [5, 5.41) is 7.42. The van der Waals surface area contributed by atoms with Crippen molar-refractivity contribution in [1.29, 1.82) is 0 Å². The second-order valence-corrected chi connectivity index (χ2v) is 9.07. The third kappa shape index (κ3) is 9.41. The van der Waals surface area contributed by atoms with Crippen molar-refractivity contribution < 1.29 is 48.0 Å². The highest BCUT2D eigenvalue weighted by atomic mass is 16.7. The Morgan fingerprint density at radius 1 is 0.900 bits per heavy atom. The van der Waals surface area contributed by atoms with Crippen molar-refractivity contribution in [3.8, 4) is 0 Å². The van der Waals surface area contributed by atoms with Gasteiger partial charge in [-0.25, -0.2) is 15.0 Å². The fraction of sp³-hybridized carbons (Fsp3) is 0.640. The van der Waals surface area contributed by atoms with Crippen LogP contribution in [0.4, 0.5) is 5.82 Å². The number of carbonyl (C=O) groups is 4. The van der Waals surface area contributed by atoms with Gasteiger partial charge in [-0.2, -0.15) is 0 Å². The van der Waals surface area contributed by atoms with Gasteiger partial charge in [-0.3, -0.25) is 23.7 Å². The van der Waals surface area contributed by atoms with Crippen LogP contribution >= 0.6 is 0 Å². The number of rotatable bonds is 6. The third-order valence-electron chi connectivity index (χ3n) is 5.76. The van der Waals surface area contributed by atoms with Crippen LogP contribution in [0, 0.1) is 0 Å². The predicted octanol–water partition coefficient (Wildman–Crippen LogP) is 2.13. The average molecular weight is 568 g/mol. The summed E-state index contributed by atoms with van der Waals surface area (Å²) in [4.78, 5) is 54.2. The second kappa shape index (κ2) is 15.1. The topological polar surface area (TPSA) is 204 Å². The van der Waals surface area contributed by atoms with Crippen LogP contribution in [0.3, 0.4) is 0 Å². The lowest BCUT2D eigenvalue weighted by atomic mass is 10.1. The van der Waals surface area contributed by atoms with Crippen molar-refractivity contribution in [2.75, 3.05) is 5.73 Å². The minimum Gasteiger partial charge on any atom is -0.481 e. The number of anilines is 1. The highest BCUT2D eigenvalue weighted by Crippen LogP contribution is 2.34. The van der Waals surface area contributed by atoms with Crippen molar-refractivity contribution in [3.05, 3.63) is 12.7 Å². The van der Waals surface area contributed by atoms with Crippen molar-refractivity contribution in [2.45, 2.75) is 104 Å². The van der Waals surface area contributed by atoms with E-state index < -0.39 is 36.5 Å². The number of fused-ring (bicyclic) bond motifs is 1. The number of carboxylic acid groups (broad SMARTS) is 1. The molecule has 4 rings (SSSR count). The molecule has 0 spiro atoms. The van der Waals surface area contributed by atoms with Crippen molar-refractivity contribution in [3.63, 3.8) is 0 Å². The monoisotopic (exact) mass is 567 g/mol. The van der Waals surface area contributed by atoms with Crippen molar-refractivity contribution in [2.24, 2.45) is 0 Å². The number of aliphatic carboxylic acids is 1. The van der Waals surface area contributed by atoms with E-state index in [9.17, 15) is 14.4 Å². The van der Waals surface area contributed by atoms with Gasteiger partial charge in [0.15, 0.2) is 23.8 Å². The number of carboxylic acids is 1. The zero-order chi connectivity index (χ0) is 30.0. The van der Waals surface area contributed by atoms with Crippen LogP contribution in [0.1, 0.15) is 73.5 Å². The summed E-state index contributed by atoms with van der Waals surface area (Å²) in [6, 6.07) is 0. The van der Waals surface area contributed by atoms with Crippen LogP contribution in [0.2, 0.25) is 0 Å². The normalized spacial score (nSPS) is 25.1. The van der Waals surface area contributed by atoms with E-state index in [0.29, 0.717) is 29.8 Å². The maximum absolute atomic E-state index is 11.3. The van der Waals surface area contributed by atoms with Crippen LogP contribution in [-0.2, 0) is 42.9 Å². The number of carbonyl (C=O) groups excluding carboxylic acids is 3. The molecule has 4 heterocycles. The summed E-state index contributed by atoms with van der Waals surface area (Å²) in [5.41, 5.74) is 6.87. The van der Waals surface area contributed by atoms with Gasteiger partial charge in [-0.15, -0.1) is 0 Å². The number of nitrogen functional groups attached to an aromatic ring is 1. The maximum Gasteiger partial charge on any atom is 0.305 e. The SMILES string of the molecule is CC(=O)O.CC[C@@H]1C[C@@H](OC(C)=O)C(OC(C)=O)O1.CC[C@@H]1C[C@@H](OC(C)=O)[C@H](n2cnc3c(N)ncnc32)O1. The molecule has 0 radical (unpaired) electrons. The van der Waals surface area contributed by atoms with E-state index in [4.69, 9.17) is 39.3 Å². The van der Waals surface area contributed by atoms with Gasteiger partial charge in [0.2, 0.25) is 6.29 Å². The average Bonchev–Trinajstić information content (AvgIpc) is 3.55. The number of nitrogens with two attached hydrogens (primary N) is 1. The molecule has 0 bridgehead atoms. The van der Waals surface area contributed by atoms with Gasteiger partial charge >= 0.3 is 17.9 Å². The molecular weight excluding hydrogens is 530 g/mol. The Labute approximate surface area is 231 Å². The summed E-state index contributed by atoms with van der Waals surface area (Å²) in [6.07, 6.45) is 3.84. The lowest BCUT2D eigenvalue weighted by Gasteiger charge is -2.19. The van der Waals surface area contributed by atoms with E-state index in [1.807, 2.05) is 13.8 Å². The number of aromatic nitrogens is 4. The highest BCUT2D eigenvalue weighted by Gasteiger charge is 2.40. The minimum absolute atomic E-state index is 0.0151. The molecule has 2 aromatic rings. The van der Waals surface area contributed by atoms with Gasteiger partial charge in [0.05, 0.1) is 18.5 Å². The van der Waals surface area contributed by atoms with Gasteiger partial charge in [0, 0.05) is 40.5 Å². The number of imidazole rings is 1. The highest BCUT2D eigenvalue weighted by molar-refractivity contribution is 5.81. The van der Waals surface area contributed by atoms with Crippen LogP contribution in [0.5, 0.6) is 0 Å². The number of nitrogens with zero attached hydrogens (tertiary/aromatic N) is 4. The molecule has 3 N–H and O–H groups in total. The summed E-state index contributed by atoms with van der Waals surface area (Å²) in [5.74, 6) is -1.68. The molecular formula is C25H37N5O10. The first-order valence-electron chi connectivity index (χ1n) is 12.8. The molecule has 222 valence electrons. The second-order valence-electron chi connectivity index (χ2n) is 9.07. The lowest BCUT2D eigenvalue weighted by molar-refractivity contribution is -0.194. The molecule has 0 amide bonds. The Bertz CT molecular complexity index is 1140. The Morgan fingerprint density at radius 3 is 1.98 bits per heavy atom. The van der Waals surface area contributed by atoms with Gasteiger partial charge in [0.25, 0.3) is 5.97 Å². The first-order valence-corrected chi connectivity index (χ1v) is 12.8. The number of ether oxygens (including phenoxy) is 5. The molecule has 2 aromatic heterocycles. The minimum atomic E-state index is -0.833. The van der Waals surface area contributed by atoms with Crippen LogP contribution < -0.4 is 5.73 Å². The van der Waals surface area contributed by atoms with E-state index in [2.05, 4.69) is 15.0 Å². The quantitative estimate of drug-likeness (QED) is 0.379. The molecule has 15 heteroatoms. The van der Waals surface area contributed by atoms with E-state index in [0.717, 1.165) is 19.8 Å². The first-order chi connectivity index (χ1) is 18.9. The molecule has 40 heavy (non-hydrogen) atoms. The van der Waals surface area contributed by atoms with Gasteiger partial charge in [-0.1, -0.05) is 13.8 Å². The smallest absolute Gasteiger partial charge is 0.305 e. The molecule has 1 unspecified atom stereocenters. The summed E-state index contributed by atoms with van der Waals surface area (Å²) in [7, 11) is 0. The summed E-state index contributed by atoms with van der Waals surface area (Å²) < 4.78 is 28.4. The molecule has 15 nitrogen and oxygen atoms in total. The molecule has 2 saturated heterocycles. The summed E-state index contributed by atoms with van der Waals surface area (Å²) in [6.45, 7) is 9.09. The Kier molecular flexibility index (Phi) is 12.2. The Morgan fingerprint density at radius 2 is 1.43 bits per heavy atom. The zero-order valence-electron chi connectivity index (χ0n) is 23.4.